The average Bonchev–Trinajstić information content (AvgIpc) is 2.77. The molecule has 31 heavy (non-hydrogen) atoms. The van der Waals surface area contributed by atoms with E-state index in [4.69, 9.17) is 9.47 Å². The van der Waals surface area contributed by atoms with Crippen LogP contribution in [-0.2, 0) is 37.3 Å². The Hall–Kier alpha value is -2.01. The Labute approximate surface area is 187 Å². The minimum atomic E-state index is -3.59. The monoisotopic (exact) mass is 465 g/mol. The molecule has 8 nitrogen and oxygen atoms in total. The second-order valence-electron chi connectivity index (χ2n) is 7.18. The van der Waals surface area contributed by atoms with E-state index in [9.17, 15) is 13.2 Å². The highest BCUT2D eigenvalue weighted by Gasteiger charge is 2.26. The summed E-state index contributed by atoms with van der Waals surface area (Å²) in [5.74, 6) is -0.353. The van der Waals surface area contributed by atoms with Gasteiger partial charge in [0.2, 0.25) is 10.0 Å². The maximum absolute atomic E-state index is 12.8. The van der Waals surface area contributed by atoms with Crippen molar-refractivity contribution >= 4 is 27.8 Å². The van der Waals surface area contributed by atoms with E-state index in [1.54, 1.807) is 24.3 Å². The maximum Gasteiger partial charge on any atom is 0.306 e. The van der Waals surface area contributed by atoms with Crippen molar-refractivity contribution < 1.29 is 22.7 Å². The molecule has 2 aromatic rings. The highest BCUT2D eigenvalue weighted by Crippen LogP contribution is 2.20. The third kappa shape index (κ3) is 6.03. The molecule has 168 valence electrons. The van der Waals surface area contributed by atoms with Gasteiger partial charge in [-0.05, 0) is 49.8 Å². The van der Waals surface area contributed by atoms with Crippen LogP contribution in [0.2, 0.25) is 0 Å². The number of nitrogens with zero attached hydrogens (tertiary/aromatic N) is 3. The second kappa shape index (κ2) is 10.5. The molecule has 0 spiro atoms. The van der Waals surface area contributed by atoms with Gasteiger partial charge >= 0.3 is 5.97 Å². The lowest BCUT2D eigenvalue weighted by Crippen LogP contribution is -2.40. The Balaban J connectivity index is 1.58. The molecular formula is C21H27N3O5S2. The number of thioether (sulfide) groups is 1. The zero-order valence-electron chi connectivity index (χ0n) is 18.0. The van der Waals surface area contributed by atoms with Crippen molar-refractivity contribution in [3.8, 4) is 0 Å². The van der Waals surface area contributed by atoms with E-state index >= 15 is 0 Å². The molecule has 0 bridgehead atoms. The number of carbonyl (C=O) groups excluding carboxylic acids is 1. The van der Waals surface area contributed by atoms with E-state index in [2.05, 4.69) is 9.97 Å². The highest BCUT2D eigenvalue weighted by atomic mass is 32.2. The van der Waals surface area contributed by atoms with Gasteiger partial charge in [0.15, 0.2) is 5.16 Å². The summed E-state index contributed by atoms with van der Waals surface area (Å²) in [5.41, 5.74) is 3.31. The first-order valence-electron chi connectivity index (χ1n) is 10.0. The minimum Gasteiger partial charge on any atom is -0.461 e. The Morgan fingerprint density at radius 2 is 1.87 bits per heavy atom. The van der Waals surface area contributed by atoms with Crippen LogP contribution in [0.25, 0.3) is 0 Å². The first-order valence-corrected chi connectivity index (χ1v) is 12.7. The number of esters is 1. The van der Waals surface area contributed by atoms with Crippen LogP contribution in [0.4, 0.5) is 0 Å². The van der Waals surface area contributed by atoms with Crippen LogP contribution >= 0.6 is 11.8 Å². The summed E-state index contributed by atoms with van der Waals surface area (Å²) < 4.78 is 37.6. The normalized spacial score (nSPS) is 15.1. The predicted octanol–water partition coefficient (Wildman–Crippen LogP) is 2.51. The molecule has 0 aliphatic carbocycles. The molecule has 0 N–H and O–H groups in total. The van der Waals surface area contributed by atoms with Gasteiger partial charge in [0.25, 0.3) is 0 Å². The number of sulfonamides is 1. The summed E-state index contributed by atoms with van der Waals surface area (Å²) in [5, 5.41) is 0.716. The topological polar surface area (TPSA) is 98.7 Å². The zero-order chi connectivity index (χ0) is 22.4. The molecule has 1 aromatic carbocycles. The van der Waals surface area contributed by atoms with Crippen molar-refractivity contribution in [3.05, 3.63) is 46.8 Å². The minimum absolute atomic E-state index is 0.0190. The molecule has 1 aliphatic heterocycles. The molecule has 0 unspecified atom stereocenters. The quantitative estimate of drug-likeness (QED) is 0.333. The van der Waals surface area contributed by atoms with Gasteiger partial charge in [0.05, 0.1) is 18.1 Å². The fourth-order valence-corrected chi connectivity index (χ4v) is 5.29. The van der Waals surface area contributed by atoms with Gasteiger partial charge in [-0.15, -0.1) is 0 Å². The van der Waals surface area contributed by atoms with Crippen molar-refractivity contribution in [3.63, 3.8) is 0 Å². The molecule has 10 heteroatoms. The van der Waals surface area contributed by atoms with Crippen molar-refractivity contribution in [2.24, 2.45) is 0 Å². The van der Waals surface area contributed by atoms with Crippen molar-refractivity contribution in [2.75, 3.05) is 32.6 Å². The highest BCUT2D eigenvalue weighted by molar-refractivity contribution is 7.98. The van der Waals surface area contributed by atoms with Crippen LogP contribution in [-0.4, -0.2) is 61.2 Å². The van der Waals surface area contributed by atoms with Gasteiger partial charge in [0, 0.05) is 30.9 Å². The van der Waals surface area contributed by atoms with Gasteiger partial charge in [-0.3, -0.25) is 4.79 Å². The van der Waals surface area contributed by atoms with E-state index in [0.717, 1.165) is 17.0 Å². The fraction of sp³-hybridized carbons (Fsp3) is 0.476. The molecule has 0 radical (unpaired) electrons. The summed E-state index contributed by atoms with van der Waals surface area (Å²) in [6.45, 7) is 5.29. The molecular weight excluding hydrogens is 438 g/mol. The number of hydrogen-bond acceptors (Lipinski definition) is 8. The summed E-state index contributed by atoms with van der Waals surface area (Å²) in [7, 11) is -3.59. The van der Waals surface area contributed by atoms with Crippen LogP contribution in [0.1, 0.15) is 28.9 Å². The lowest BCUT2D eigenvalue weighted by atomic mass is 10.1. The zero-order valence-corrected chi connectivity index (χ0v) is 19.6. The summed E-state index contributed by atoms with van der Waals surface area (Å²) in [6.07, 6.45) is 2.62. The lowest BCUT2D eigenvalue weighted by molar-refractivity contribution is -0.144. The number of aryl methyl sites for hydroxylation is 2. The predicted molar refractivity (Wildman–Crippen MR) is 117 cm³/mol. The molecule has 3 rings (SSSR count). The van der Waals surface area contributed by atoms with E-state index in [1.165, 1.54) is 16.1 Å². The Morgan fingerprint density at radius 1 is 1.19 bits per heavy atom. The fourth-order valence-electron chi connectivity index (χ4n) is 3.36. The standard InChI is InChI=1S/C21H27N3O5S2/c1-15-19(16(2)23-21(22-15)30-3)7-8-20(25)29-14-17-5-4-6-18(13-17)31(26,27)24-9-11-28-12-10-24/h4-6,13H,7-12,14H2,1-3H3. The van der Waals surface area contributed by atoms with Crippen molar-refractivity contribution in [2.45, 2.75) is 43.3 Å². The van der Waals surface area contributed by atoms with E-state index in [0.29, 0.717) is 43.4 Å². The van der Waals surface area contributed by atoms with Crippen molar-refractivity contribution in [1.82, 2.24) is 14.3 Å². The summed E-state index contributed by atoms with van der Waals surface area (Å²) >= 11 is 1.48. The first kappa shape index (κ1) is 23.6. The Bertz CT molecular complexity index is 1010. The molecule has 1 aliphatic rings. The Kier molecular flexibility index (Phi) is 8.04. The van der Waals surface area contributed by atoms with E-state index in [1.807, 2.05) is 20.1 Å². The molecule has 0 amide bonds. The van der Waals surface area contributed by atoms with E-state index in [-0.39, 0.29) is 23.9 Å². The van der Waals surface area contributed by atoms with Gasteiger partial charge in [0.1, 0.15) is 6.61 Å². The smallest absolute Gasteiger partial charge is 0.306 e. The Morgan fingerprint density at radius 3 is 2.52 bits per heavy atom. The molecule has 1 saturated heterocycles. The SMILES string of the molecule is CSc1nc(C)c(CCC(=O)OCc2cccc(S(=O)(=O)N3CCOCC3)c2)c(C)n1. The van der Waals surface area contributed by atoms with E-state index < -0.39 is 10.0 Å². The number of hydrogen-bond donors (Lipinski definition) is 0. The number of morpholine rings is 1. The van der Waals surface area contributed by atoms with Crippen molar-refractivity contribution in [1.29, 1.82) is 0 Å². The number of benzene rings is 1. The molecule has 0 saturated carbocycles. The van der Waals surface area contributed by atoms with Gasteiger partial charge in [-0.2, -0.15) is 4.31 Å². The van der Waals surface area contributed by atoms with Crippen LogP contribution in [0.3, 0.4) is 0 Å². The number of ether oxygens (including phenoxy) is 2. The molecule has 1 aromatic heterocycles. The first-order chi connectivity index (χ1) is 14.8. The lowest BCUT2D eigenvalue weighted by Gasteiger charge is -2.26. The summed E-state index contributed by atoms with van der Waals surface area (Å²) in [6, 6.07) is 6.52. The third-order valence-electron chi connectivity index (χ3n) is 5.07. The number of aromatic nitrogens is 2. The molecule has 0 atom stereocenters. The average molecular weight is 466 g/mol. The molecule has 2 heterocycles. The van der Waals surface area contributed by atoms with Crippen LogP contribution in [0.15, 0.2) is 34.3 Å². The third-order valence-corrected chi connectivity index (χ3v) is 7.51. The summed E-state index contributed by atoms with van der Waals surface area (Å²) in [4.78, 5) is 21.3. The van der Waals surface area contributed by atoms with Crippen LogP contribution in [0.5, 0.6) is 0 Å². The maximum atomic E-state index is 12.8. The van der Waals surface area contributed by atoms with Gasteiger partial charge in [-0.25, -0.2) is 18.4 Å². The second-order valence-corrected chi connectivity index (χ2v) is 9.90. The number of rotatable bonds is 8. The van der Waals surface area contributed by atoms with Gasteiger partial charge in [-0.1, -0.05) is 23.9 Å². The van der Waals surface area contributed by atoms with Crippen LogP contribution < -0.4 is 0 Å². The molecule has 1 fully saturated rings. The number of carbonyl (C=O) groups is 1. The largest absolute Gasteiger partial charge is 0.461 e. The van der Waals surface area contributed by atoms with Crippen LogP contribution in [0, 0.1) is 13.8 Å². The van der Waals surface area contributed by atoms with Gasteiger partial charge < -0.3 is 9.47 Å².